The van der Waals surface area contributed by atoms with Crippen molar-refractivity contribution in [2.75, 3.05) is 37.4 Å². The molecule has 5 nitrogen and oxygen atoms in total. The fourth-order valence-electron chi connectivity index (χ4n) is 3.36. The van der Waals surface area contributed by atoms with Crippen LogP contribution >= 0.6 is 37.2 Å². The Morgan fingerprint density at radius 3 is 2.23 bits per heavy atom. The first-order valence-corrected chi connectivity index (χ1v) is 9.81. The highest BCUT2D eigenvalue weighted by Gasteiger charge is 2.10. The minimum Gasteiger partial charge on any atom is -0.508 e. The van der Waals surface area contributed by atoms with Gasteiger partial charge in [-0.15, -0.1) is 37.2 Å². The molecule has 31 heavy (non-hydrogen) atoms. The number of pyridine rings is 1. The Kier molecular flexibility index (Phi) is 12.0. The molecule has 0 aliphatic carbocycles. The first-order chi connectivity index (χ1) is 13.4. The minimum atomic E-state index is 0. The Bertz CT molecular complexity index is 978. The van der Waals surface area contributed by atoms with Gasteiger partial charge in [0.1, 0.15) is 5.75 Å². The monoisotopic (exact) mass is 486 g/mol. The van der Waals surface area contributed by atoms with E-state index in [-0.39, 0.29) is 37.2 Å². The Morgan fingerprint density at radius 2 is 1.61 bits per heavy atom. The zero-order valence-electron chi connectivity index (χ0n) is 18.7. The van der Waals surface area contributed by atoms with E-state index in [1.807, 2.05) is 33.2 Å². The van der Waals surface area contributed by atoms with Crippen molar-refractivity contribution in [1.82, 2.24) is 9.88 Å². The third-order valence-corrected chi connectivity index (χ3v) is 5.08. The van der Waals surface area contributed by atoms with E-state index in [4.69, 9.17) is 0 Å². The molecule has 2 aromatic carbocycles. The minimum absolute atomic E-state index is 0. The number of halogens is 3. The molecular weight excluding hydrogens is 455 g/mol. The van der Waals surface area contributed by atoms with Crippen LogP contribution in [-0.2, 0) is 6.54 Å². The lowest BCUT2D eigenvalue weighted by Gasteiger charge is -2.20. The van der Waals surface area contributed by atoms with Crippen molar-refractivity contribution in [2.24, 2.45) is 0 Å². The number of fused-ring (bicyclic) bond motifs is 1. The zero-order valence-corrected chi connectivity index (χ0v) is 21.1. The lowest BCUT2D eigenvalue weighted by molar-refractivity contribution is 0.291. The van der Waals surface area contributed by atoms with Crippen LogP contribution in [0.3, 0.4) is 0 Å². The van der Waals surface area contributed by atoms with Gasteiger partial charge < -0.3 is 15.3 Å². The average molecular weight is 488 g/mol. The predicted octanol–water partition coefficient (Wildman–Crippen LogP) is 6.17. The molecule has 0 aliphatic heterocycles. The first-order valence-electron chi connectivity index (χ1n) is 9.81. The lowest BCUT2D eigenvalue weighted by atomic mass is 10.1. The van der Waals surface area contributed by atoms with E-state index in [2.05, 4.69) is 58.2 Å². The summed E-state index contributed by atoms with van der Waals surface area (Å²) in [6, 6.07) is 14.1. The Morgan fingerprint density at radius 1 is 0.935 bits per heavy atom. The highest BCUT2D eigenvalue weighted by molar-refractivity contribution is 5.95. The number of nitrogens with one attached hydrogen (secondary N) is 1. The second-order valence-electron chi connectivity index (χ2n) is 7.34. The van der Waals surface area contributed by atoms with Gasteiger partial charge in [-0.2, -0.15) is 0 Å². The highest BCUT2D eigenvalue weighted by atomic mass is 35.5. The summed E-state index contributed by atoms with van der Waals surface area (Å²) in [5, 5.41) is 14.9. The van der Waals surface area contributed by atoms with Crippen LogP contribution < -0.4 is 10.2 Å². The number of rotatable bonds is 7. The van der Waals surface area contributed by atoms with Crippen LogP contribution in [0.2, 0.25) is 0 Å². The highest BCUT2D eigenvalue weighted by Crippen LogP contribution is 2.31. The topological polar surface area (TPSA) is 51.6 Å². The number of nitrogens with zero attached hydrogens (tertiary/aromatic N) is 3. The van der Waals surface area contributed by atoms with E-state index in [0.717, 1.165) is 58.9 Å². The Balaban J connectivity index is 0.00000300. The number of aromatic nitrogens is 1. The standard InChI is InChI=1S/C23H30N4O.3ClH/c1-6-27(7-2)15-17-13-18(8-11-23(17)28)25-22-12-16(3)24-21-10-9-19(26(4)5)14-20(21)22;;;/h8-14,28H,6-7,15H2,1-5H3,(H,24,25);3*1H. The summed E-state index contributed by atoms with van der Waals surface area (Å²) in [5.74, 6) is 0.336. The number of hydrogen-bond acceptors (Lipinski definition) is 5. The molecule has 0 unspecified atom stereocenters. The van der Waals surface area contributed by atoms with Crippen LogP contribution in [0.5, 0.6) is 5.75 Å². The Hall–Kier alpha value is -1.92. The maximum absolute atomic E-state index is 10.3. The van der Waals surface area contributed by atoms with E-state index in [9.17, 15) is 5.11 Å². The number of aryl methyl sites for hydroxylation is 1. The normalized spacial score (nSPS) is 10.1. The molecule has 0 radical (unpaired) electrons. The number of phenolic OH excluding ortho intramolecular Hbond substituents is 1. The quantitative estimate of drug-likeness (QED) is 0.391. The van der Waals surface area contributed by atoms with Crippen LogP contribution in [0.15, 0.2) is 42.5 Å². The van der Waals surface area contributed by atoms with Gasteiger partial charge in [0.15, 0.2) is 0 Å². The molecule has 172 valence electrons. The number of phenols is 1. The fourth-order valence-corrected chi connectivity index (χ4v) is 3.36. The molecule has 8 heteroatoms. The van der Waals surface area contributed by atoms with Crippen molar-refractivity contribution < 1.29 is 5.11 Å². The maximum Gasteiger partial charge on any atom is 0.120 e. The Labute approximate surface area is 204 Å². The second kappa shape index (κ2) is 12.8. The molecule has 2 N–H and O–H groups in total. The van der Waals surface area contributed by atoms with Gasteiger partial charge in [-0.05, 0) is 62.5 Å². The SMILES string of the molecule is CCN(CC)Cc1cc(Nc2cc(C)nc3ccc(N(C)C)cc23)ccc1O.Cl.Cl.Cl. The molecule has 1 heterocycles. The second-order valence-corrected chi connectivity index (χ2v) is 7.34. The number of anilines is 3. The van der Waals surface area contributed by atoms with Gasteiger partial charge in [0, 0.05) is 54.3 Å². The molecule has 0 saturated heterocycles. The van der Waals surface area contributed by atoms with E-state index >= 15 is 0 Å². The van der Waals surface area contributed by atoms with Gasteiger partial charge in [0.25, 0.3) is 0 Å². The molecule has 1 aromatic heterocycles. The van der Waals surface area contributed by atoms with Gasteiger partial charge in [0.2, 0.25) is 0 Å². The summed E-state index contributed by atoms with van der Waals surface area (Å²) in [5.41, 5.74) is 5.98. The van der Waals surface area contributed by atoms with Crippen molar-refractivity contribution in [3.05, 3.63) is 53.7 Å². The maximum atomic E-state index is 10.3. The van der Waals surface area contributed by atoms with Crippen LogP contribution in [0, 0.1) is 6.92 Å². The van der Waals surface area contributed by atoms with E-state index in [0.29, 0.717) is 5.75 Å². The number of benzene rings is 2. The predicted molar refractivity (Wildman–Crippen MR) is 141 cm³/mol. The molecule has 0 amide bonds. The van der Waals surface area contributed by atoms with E-state index in [1.165, 1.54) is 0 Å². The van der Waals surface area contributed by atoms with Crippen LogP contribution in [0.25, 0.3) is 10.9 Å². The van der Waals surface area contributed by atoms with Crippen molar-refractivity contribution in [3.63, 3.8) is 0 Å². The summed E-state index contributed by atoms with van der Waals surface area (Å²) in [6.45, 7) is 8.92. The van der Waals surface area contributed by atoms with Crippen LogP contribution in [0.4, 0.5) is 17.1 Å². The molecule has 0 spiro atoms. The number of hydrogen-bond donors (Lipinski definition) is 2. The third kappa shape index (κ3) is 7.04. The summed E-state index contributed by atoms with van der Waals surface area (Å²) in [6.07, 6.45) is 0. The lowest BCUT2D eigenvalue weighted by Crippen LogP contribution is -2.22. The summed E-state index contributed by atoms with van der Waals surface area (Å²) in [7, 11) is 4.07. The average Bonchev–Trinajstić information content (AvgIpc) is 2.67. The van der Waals surface area contributed by atoms with Gasteiger partial charge in [-0.1, -0.05) is 13.8 Å². The fraction of sp³-hybridized carbons (Fsp3) is 0.348. The largest absolute Gasteiger partial charge is 0.508 e. The zero-order chi connectivity index (χ0) is 20.3. The molecule has 0 saturated carbocycles. The van der Waals surface area contributed by atoms with Gasteiger partial charge >= 0.3 is 0 Å². The van der Waals surface area contributed by atoms with E-state index < -0.39 is 0 Å². The molecule has 0 aliphatic rings. The first kappa shape index (κ1) is 29.1. The van der Waals surface area contributed by atoms with E-state index in [1.54, 1.807) is 6.07 Å². The molecular formula is C23H33Cl3N4O. The summed E-state index contributed by atoms with van der Waals surface area (Å²) >= 11 is 0. The third-order valence-electron chi connectivity index (χ3n) is 5.08. The van der Waals surface area contributed by atoms with Gasteiger partial charge in [0.05, 0.1) is 5.52 Å². The molecule has 3 aromatic rings. The van der Waals surface area contributed by atoms with Gasteiger partial charge in [-0.25, -0.2) is 0 Å². The molecule has 3 rings (SSSR count). The van der Waals surface area contributed by atoms with Crippen LogP contribution in [-0.4, -0.2) is 42.2 Å². The number of aromatic hydroxyl groups is 1. The van der Waals surface area contributed by atoms with Crippen molar-refractivity contribution >= 4 is 65.2 Å². The summed E-state index contributed by atoms with van der Waals surface area (Å²) < 4.78 is 0. The molecule has 0 bridgehead atoms. The summed E-state index contributed by atoms with van der Waals surface area (Å²) in [4.78, 5) is 9.04. The van der Waals surface area contributed by atoms with Crippen molar-refractivity contribution in [3.8, 4) is 5.75 Å². The molecule has 0 atom stereocenters. The molecule has 0 fully saturated rings. The van der Waals surface area contributed by atoms with Crippen LogP contribution in [0.1, 0.15) is 25.1 Å². The van der Waals surface area contributed by atoms with Crippen molar-refractivity contribution in [2.45, 2.75) is 27.3 Å². The van der Waals surface area contributed by atoms with Crippen molar-refractivity contribution in [1.29, 1.82) is 0 Å². The van der Waals surface area contributed by atoms with Gasteiger partial charge in [-0.3, -0.25) is 9.88 Å². The smallest absolute Gasteiger partial charge is 0.120 e.